The van der Waals surface area contributed by atoms with Crippen molar-refractivity contribution >= 4 is 30.5 Å². The van der Waals surface area contributed by atoms with E-state index in [-0.39, 0.29) is 31.3 Å². The zero-order chi connectivity index (χ0) is 14.5. The maximum absolute atomic E-state index is 11.2. The van der Waals surface area contributed by atoms with Crippen molar-refractivity contribution in [3.63, 3.8) is 0 Å². The van der Waals surface area contributed by atoms with Crippen LogP contribution in [-0.4, -0.2) is 41.9 Å². The number of rotatable bonds is 11. The van der Waals surface area contributed by atoms with E-state index in [1.54, 1.807) is 0 Å². The van der Waals surface area contributed by atoms with E-state index in [4.69, 9.17) is 9.84 Å². The third-order valence-corrected chi connectivity index (χ3v) is 2.49. The molecule has 0 aliphatic heterocycles. The van der Waals surface area contributed by atoms with Crippen molar-refractivity contribution in [2.45, 2.75) is 38.5 Å². The maximum Gasteiger partial charge on any atom is 0.305 e. The smallest absolute Gasteiger partial charge is 0.305 e. The number of aliphatic carboxylic acids is 1. The minimum atomic E-state index is -0.856. The second-order valence-corrected chi connectivity index (χ2v) is 4.45. The molecule has 0 saturated carbocycles. The normalized spacial score (nSPS) is 9.95. The van der Waals surface area contributed by atoms with E-state index in [0.717, 1.165) is 0 Å². The first-order valence-corrected chi connectivity index (χ1v) is 6.94. The zero-order valence-corrected chi connectivity index (χ0v) is 11.8. The number of nitrogens with one attached hydrogen (secondary N) is 1. The number of carboxylic acids is 1. The summed E-state index contributed by atoms with van der Waals surface area (Å²) < 4.78 is 4.94. The molecule has 0 aliphatic carbocycles. The number of carboxylic acid groups (broad SMARTS) is 1. The Labute approximate surface area is 118 Å². The second-order valence-electron chi connectivity index (χ2n) is 4.00. The third kappa shape index (κ3) is 13.0. The van der Waals surface area contributed by atoms with Crippen molar-refractivity contribution in [3.8, 4) is 0 Å². The van der Waals surface area contributed by atoms with E-state index < -0.39 is 5.97 Å². The van der Waals surface area contributed by atoms with Crippen molar-refractivity contribution in [2.75, 3.05) is 18.9 Å². The molecule has 0 atom stereocenters. The summed E-state index contributed by atoms with van der Waals surface area (Å²) >= 11 is 3.94. The molecule has 0 aromatic rings. The molecule has 0 aromatic heterocycles. The molecule has 0 unspecified atom stereocenters. The predicted molar refractivity (Wildman–Crippen MR) is 73.2 cm³/mol. The summed E-state index contributed by atoms with van der Waals surface area (Å²) in [5.41, 5.74) is 0. The van der Waals surface area contributed by atoms with Crippen LogP contribution in [0.25, 0.3) is 0 Å². The highest BCUT2D eigenvalue weighted by molar-refractivity contribution is 7.80. The van der Waals surface area contributed by atoms with E-state index in [2.05, 4.69) is 17.9 Å². The lowest BCUT2D eigenvalue weighted by molar-refractivity contribution is -0.144. The lowest BCUT2D eigenvalue weighted by Crippen LogP contribution is -2.25. The Morgan fingerprint density at radius 2 is 1.74 bits per heavy atom. The molecule has 1 amide bonds. The summed E-state index contributed by atoms with van der Waals surface area (Å²) in [6, 6.07) is 0. The average Bonchev–Trinajstić information content (AvgIpc) is 2.34. The fourth-order valence-corrected chi connectivity index (χ4v) is 1.50. The van der Waals surface area contributed by atoms with Gasteiger partial charge in [0.25, 0.3) is 0 Å². The molecule has 0 saturated heterocycles. The quantitative estimate of drug-likeness (QED) is 0.300. The van der Waals surface area contributed by atoms with Gasteiger partial charge in [-0.2, -0.15) is 12.6 Å². The summed E-state index contributed by atoms with van der Waals surface area (Å²) in [6.07, 6.45) is 2.25. The number of ether oxygens (including phenoxy) is 1. The summed E-state index contributed by atoms with van der Waals surface area (Å²) in [5, 5.41) is 11.1. The van der Waals surface area contributed by atoms with Crippen LogP contribution in [0.15, 0.2) is 0 Å². The molecule has 0 fully saturated rings. The Hall–Kier alpha value is -1.24. The van der Waals surface area contributed by atoms with Gasteiger partial charge in [-0.25, -0.2) is 0 Å². The van der Waals surface area contributed by atoms with E-state index in [1.165, 1.54) is 0 Å². The van der Waals surface area contributed by atoms with E-state index in [0.29, 0.717) is 38.0 Å². The summed E-state index contributed by atoms with van der Waals surface area (Å²) in [5.74, 6) is -0.732. The van der Waals surface area contributed by atoms with Crippen molar-refractivity contribution in [2.24, 2.45) is 0 Å². The van der Waals surface area contributed by atoms with Crippen LogP contribution >= 0.6 is 12.6 Å². The van der Waals surface area contributed by atoms with Gasteiger partial charge in [-0.05, 0) is 25.0 Å². The van der Waals surface area contributed by atoms with Crippen LogP contribution in [0.1, 0.15) is 38.5 Å². The molecule has 7 heteroatoms. The zero-order valence-electron chi connectivity index (χ0n) is 10.9. The highest BCUT2D eigenvalue weighted by Gasteiger charge is 2.04. The van der Waals surface area contributed by atoms with Crippen LogP contribution in [-0.2, 0) is 19.1 Å². The van der Waals surface area contributed by atoms with Crippen LogP contribution in [0.4, 0.5) is 0 Å². The molecule has 0 aromatic carbocycles. The Balaban J connectivity index is 3.34. The SMILES string of the molecule is O=C(O)CCCCC(=O)OCCCNC(=O)CCS. The Morgan fingerprint density at radius 3 is 2.37 bits per heavy atom. The highest BCUT2D eigenvalue weighted by atomic mass is 32.1. The second kappa shape index (κ2) is 11.8. The predicted octanol–water partition coefficient (Wildman–Crippen LogP) is 1.00. The minimum Gasteiger partial charge on any atom is -0.481 e. The number of carbonyl (C=O) groups is 3. The molecule has 2 N–H and O–H groups in total. The summed E-state index contributed by atoms with van der Waals surface area (Å²) in [6.45, 7) is 0.734. The molecule has 0 heterocycles. The monoisotopic (exact) mass is 291 g/mol. The van der Waals surface area contributed by atoms with Crippen LogP contribution < -0.4 is 5.32 Å². The Kier molecular flexibility index (Phi) is 11.1. The summed E-state index contributed by atoms with van der Waals surface area (Å²) in [7, 11) is 0. The molecule has 0 bridgehead atoms. The number of hydrogen-bond donors (Lipinski definition) is 3. The van der Waals surface area contributed by atoms with Gasteiger partial charge in [0.15, 0.2) is 0 Å². The van der Waals surface area contributed by atoms with Crippen molar-refractivity contribution in [1.82, 2.24) is 5.32 Å². The van der Waals surface area contributed by atoms with Crippen molar-refractivity contribution in [1.29, 1.82) is 0 Å². The average molecular weight is 291 g/mol. The fraction of sp³-hybridized carbons (Fsp3) is 0.750. The van der Waals surface area contributed by atoms with Gasteiger partial charge in [0.1, 0.15) is 0 Å². The standard InChI is InChI=1S/C12H21NO5S/c14-10(6-9-19)13-7-3-8-18-12(17)5-2-1-4-11(15)16/h19H,1-9H2,(H,13,14)(H,15,16). The maximum atomic E-state index is 11.2. The van der Waals surface area contributed by atoms with Crippen LogP contribution in [0.5, 0.6) is 0 Å². The van der Waals surface area contributed by atoms with Gasteiger partial charge in [0, 0.05) is 25.8 Å². The number of esters is 1. The molecular weight excluding hydrogens is 270 g/mol. The van der Waals surface area contributed by atoms with Gasteiger partial charge in [-0.1, -0.05) is 0 Å². The molecule has 0 aliphatic rings. The van der Waals surface area contributed by atoms with Gasteiger partial charge in [0.2, 0.25) is 5.91 Å². The van der Waals surface area contributed by atoms with Crippen molar-refractivity contribution < 1.29 is 24.2 Å². The third-order valence-electron chi connectivity index (χ3n) is 2.27. The Bertz CT molecular complexity index is 296. The lowest BCUT2D eigenvalue weighted by atomic mass is 10.2. The van der Waals surface area contributed by atoms with Crippen molar-refractivity contribution in [3.05, 3.63) is 0 Å². The first-order chi connectivity index (χ1) is 9.06. The fourth-order valence-electron chi connectivity index (χ4n) is 1.29. The highest BCUT2D eigenvalue weighted by Crippen LogP contribution is 2.01. The lowest BCUT2D eigenvalue weighted by Gasteiger charge is -2.06. The van der Waals surface area contributed by atoms with E-state index in [9.17, 15) is 14.4 Å². The molecule has 0 radical (unpaired) electrons. The number of thiol groups is 1. The number of amides is 1. The molecule has 110 valence electrons. The summed E-state index contributed by atoms with van der Waals surface area (Å²) in [4.78, 5) is 32.5. The van der Waals surface area contributed by atoms with E-state index in [1.807, 2.05) is 0 Å². The van der Waals surface area contributed by atoms with Crippen LogP contribution in [0.2, 0.25) is 0 Å². The van der Waals surface area contributed by atoms with Crippen LogP contribution in [0.3, 0.4) is 0 Å². The first kappa shape index (κ1) is 17.8. The van der Waals surface area contributed by atoms with Gasteiger partial charge in [0.05, 0.1) is 6.61 Å². The number of unbranched alkanes of at least 4 members (excludes halogenated alkanes) is 1. The Morgan fingerprint density at radius 1 is 1.05 bits per heavy atom. The van der Waals surface area contributed by atoms with Gasteiger partial charge >= 0.3 is 11.9 Å². The van der Waals surface area contributed by atoms with E-state index >= 15 is 0 Å². The first-order valence-electron chi connectivity index (χ1n) is 6.31. The molecule has 0 rings (SSSR count). The van der Waals surface area contributed by atoms with Gasteiger partial charge < -0.3 is 15.2 Å². The van der Waals surface area contributed by atoms with Gasteiger partial charge in [-0.15, -0.1) is 0 Å². The topological polar surface area (TPSA) is 92.7 Å². The molecule has 6 nitrogen and oxygen atoms in total. The number of carbonyl (C=O) groups excluding carboxylic acids is 2. The molecule has 19 heavy (non-hydrogen) atoms. The molecule has 0 spiro atoms. The van der Waals surface area contributed by atoms with Crippen LogP contribution in [0, 0.1) is 0 Å². The van der Waals surface area contributed by atoms with Gasteiger partial charge in [-0.3, -0.25) is 14.4 Å². The largest absolute Gasteiger partial charge is 0.481 e. The number of hydrogen-bond acceptors (Lipinski definition) is 5. The molecular formula is C12H21NO5S. The minimum absolute atomic E-state index is 0.0602.